The number of hydrogen-bond donors (Lipinski definition) is 4. The van der Waals surface area contributed by atoms with E-state index in [2.05, 4.69) is 15.7 Å². The molecule has 0 aliphatic carbocycles. The molecule has 10 heteroatoms. The van der Waals surface area contributed by atoms with Crippen molar-refractivity contribution in [1.29, 1.82) is 0 Å². The van der Waals surface area contributed by atoms with Crippen molar-refractivity contribution in [3.63, 3.8) is 0 Å². The highest BCUT2D eigenvalue weighted by Crippen LogP contribution is 2.53. The van der Waals surface area contributed by atoms with Crippen molar-refractivity contribution in [2.24, 2.45) is 0 Å². The minimum atomic E-state index is -3.73. The zero-order valence-electron chi connectivity index (χ0n) is 19.7. The summed E-state index contributed by atoms with van der Waals surface area (Å²) in [6.07, 6.45) is -0.781. The van der Waals surface area contributed by atoms with Gasteiger partial charge in [-0.15, -0.1) is 0 Å². The molecule has 2 unspecified atom stereocenters. The molecule has 3 aromatic rings. The van der Waals surface area contributed by atoms with Crippen LogP contribution in [0.15, 0.2) is 84.9 Å². The predicted molar refractivity (Wildman–Crippen MR) is 136 cm³/mol. The molecule has 0 radical (unpaired) electrons. The number of carbonyl (C=O) groups excluding carboxylic acids is 2. The summed E-state index contributed by atoms with van der Waals surface area (Å²) < 4.78 is 19.5. The lowest BCUT2D eigenvalue weighted by Crippen LogP contribution is -2.41. The normalized spacial score (nSPS) is 13.1. The fourth-order valence-corrected chi connectivity index (χ4v) is 6.00. The Morgan fingerprint density at radius 1 is 0.889 bits per heavy atom. The molecule has 0 aliphatic rings. The lowest BCUT2D eigenvalue weighted by Gasteiger charge is -2.30. The van der Waals surface area contributed by atoms with E-state index in [-0.39, 0.29) is 6.61 Å². The summed E-state index contributed by atoms with van der Waals surface area (Å²) in [6.45, 7) is 0.933. The van der Waals surface area contributed by atoms with Crippen molar-refractivity contribution in [3.05, 3.63) is 102 Å². The summed E-state index contributed by atoms with van der Waals surface area (Å²) in [5.41, 5.74) is 2.27. The number of ether oxygens (including phenoxy) is 1. The van der Waals surface area contributed by atoms with E-state index in [1.165, 1.54) is 0 Å². The standard InChI is InChI=1S/C26H28N3O6P/c1-19-12-14-21(15-13-19)25(36(34,28-17-24(31)32)22-10-6-3-7-11-22)29-23(30)16-27-26(33)35-18-20-8-4-2-5-9-20/h2-15,25H,16-18H2,1H3,(H,27,33)(H,28,34)(H,29,30)(H,31,32). The van der Waals surface area contributed by atoms with Crippen LogP contribution in [0.3, 0.4) is 0 Å². The van der Waals surface area contributed by atoms with Gasteiger partial charge >= 0.3 is 12.1 Å². The van der Waals surface area contributed by atoms with Gasteiger partial charge in [0.25, 0.3) is 0 Å². The molecule has 2 atom stereocenters. The zero-order chi connectivity index (χ0) is 26.0. The van der Waals surface area contributed by atoms with Gasteiger partial charge in [0.1, 0.15) is 25.5 Å². The summed E-state index contributed by atoms with van der Waals surface area (Å²) >= 11 is 0. The van der Waals surface area contributed by atoms with Crippen LogP contribution in [0, 0.1) is 6.92 Å². The van der Waals surface area contributed by atoms with Crippen molar-refractivity contribution in [2.45, 2.75) is 19.3 Å². The van der Waals surface area contributed by atoms with Crippen LogP contribution in [0.25, 0.3) is 0 Å². The Kier molecular flexibility index (Phi) is 9.39. The molecule has 188 valence electrons. The molecule has 0 saturated carbocycles. The second kappa shape index (κ2) is 12.7. The monoisotopic (exact) mass is 509 g/mol. The fourth-order valence-electron chi connectivity index (χ4n) is 3.43. The van der Waals surface area contributed by atoms with E-state index in [0.29, 0.717) is 10.9 Å². The van der Waals surface area contributed by atoms with Gasteiger partial charge in [-0.25, -0.2) is 4.79 Å². The van der Waals surface area contributed by atoms with Gasteiger partial charge in [-0.2, -0.15) is 0 Å². The second-order valence-electron chi connectivity index (χ2n) is 8.02. The highest BCUT2D eigenvalue weighted by atomic mass is 31.2. The second-order valence-corrected chi connectivity index (χ2v) is 10.7. The third kappa shape index (κ3) is 7.53. The summed E-state index contributed by atoms with van der Waals surface area (Å²) in [7, 11) is -3.73. The highest BCUT2D eigenvalue weighted by Gasteiger charge is 2.37. The average Bonchev–Trinajstić information content (AvgIpc) is 2.89. The molecule has 4 N–H and O–H groups in total. The quantitative estimate of drug-likeness (QED) is 0.292. The van der Waals surface area contributed by atoms with Crippen LogP contribution in [0.4, 0.5) is 4.79 Å². The predicted octanol–water partition coefficient (Wildman–Crippen LogP) is 3.31. The van der Waals surface area contributed by atoms with E-state index < -0.39 is 44.1 Å². The maximum Gasteiger partial charge on any atom is 0.407 e. The summed E-state index contributed by atoms with van der Waals surface area (Å²) in [5, 5.41) is 17.4. The number of carbonyl (C=O) groups is 3. The van der Waals surface area contributed by atoms with Gasteiger partial charge in [-0.1, -0.05) is 90.5 Å². The first-order valence-electron chi connectivity index (χ1n) is 11.2. The van der Waals surface area contributed by atoms with Crippen molar-refractivity contribution in [3.8, 4) is 0 Å². The number of hydrogen-bond acceptors (Lipinski definition) is 5. The van der Waals surface area contributed by atoms with E-state index in [1.807, 2.05) is 25.1 Å². The Morgan fingerprint density at radius 2 is 1.50 bits per heavy atom. The fraction of sp³-hybridized carbons (Fsp3) is 0.192. The Hall–Kier alpha value is -3.94. The molecular weight excluding hydrogens is 481 g/mol. The smallest absolute Gasteiger partial charge is 0.407 e. The number of amides is 2. The Bertz CT molecular complexity index is 1220. The van der Waals surface area contributed by atoms with Gasteiger partial charge < -0.3 is 20.5 Å². The van der Waals surface area contributed by atoms with Gasteiger partial charge in [0, 0.05) is 5.30 Å². The number of carboxylic acid groups (broad SMARTS) is 1. The van der Waals surface area contributed by atoms with E-state index in [4.69, 9.17) is 4.74 Å². The number of aliphatic carboxylic acids is 1. The van der Waals surface area contributed by atoms with Gasteiger partial charge in [-0.05, 0) is 18.1 Å². The molecule has 3 rings (SSSR count). The minimum Gasteiger partial charge on any atom is -0.480 e. The molecule has 9 nitrogen and oxygen atoms in total. The maximum atomic E-state index is 14.3. The van der Waals surface area contributed by atoms with Gasteiger partial charge in [0.15, 0.2) is 0 Å². The first kappa shape index (κ1) is 26.7. The Morgan fingerprint density at radius 3 is 2.11 bits per heavy atom. The molecule has 0 heterocycles. The third-order valence-corrected chi connectivity index (χ3v) is 8.11. The van der Waals surface area contributed by atoms with Gasteiger partial charge in [0.05, 0.1) is 0 Å². The summed E-state index contributed by atoms with van der Waals surface area (Å²) in [4.78, 5) is 36.2. The van der Waals surface area contributed by atoms with Gasteiger partial charge in [-0.3, -0.25) is 19.2 Å². The molecule has 0 aliphatic heterocycles. The number of benzene rings is 3. The molecule has 36 heavy (non-hydrogen) atoms. The first-order chi connectivity index (χ1) is 17.3. The summed E-state index contributed by atoms with van der Waals surface area (Å²) in [6, 6.07) is 24.5. The van der Waals surface area contributed by atoms with Crippen LogP contribution in [0.2, 0.25) is 0 Å². The van der Waals surface area contributed by atoms with Crippen molar-refractivity contribution < 1.29 is 28.8 Å². The molecule has 0 bridgehead atoms. The first-order valence-corrected chi connectivity index (χ1v) is 13.0. The molecule has 2 amide bonds. The van der Waals surface area contributed by atoms with Crippen molar-refractivity contribution >= 4 is 30.6 Å². The number of rotatable bonds is 11. The van der Waals surface area contributed by atoms with E-state index in [9.17, 15) is 24.1 Å². The van der Waals surface area contributed by atoms with E-state index in [0.717, 1.165) is 11.1 Å². The SMILES string of the molecule is Cc1ccc(C(NC(=O)CNC(=O)OCc2ccccc2)P(=O)(NCC(=O)O)c2ccccc2)cc1. The van der Waals surface area contributed by atoms with E-state index in [1.54, 1.807) is 66.7 Å². The number of carboxylic acids is 1. The summed E-state index contributed by atoms with van der Waals surface area (Å²) in [5.74, 6) is -2.90. The maximum absolute atomic E-state index is 14.3. The van der Waals surface area contributed by atoms with Crippen LogP contribution in [0.5, 0.6) is 0 Å². The molecular formula is C26H28N3O6P. The Balaban J connectivity index is 1.78. The molecule has 0 spiro atoms. The average molecular weight is 509 g/mol. The van der Waals surface area contributed by atoms with Gasteiger partial charge in [0.2, 0.25) is 13.2 Å². The lowest BCUT2D eigenvalue weighted by molar-refractivity contribution is -0.135. The van der Waals surface area contributed by atoms with Crippen LogP contribution < -0.4 is 21.0 Å². The molecule has 0 fully saturated rings. The minimum absolute atomic E-state index is 0.0442. The number of aryl methyl sites for hydroxylation is 1. The van der Waals surface area contributed by atoms with Crippen LogP contribution in [-0.4, -0.2) is 36.2 Å². The zero-order valence-corrected chi connectivity index (χ0v) is 20.6. The van der Waals surface area contributed by atoms with Crippen LogP contribution in [0.1, 0.15) is 22.5 Å². The molecule has 3 aromatic carbocycles. The number of alkyl carbamates (subject to hydrolysis) is 1. The van der Waals surface area contributed by atoms with Crippen LogP contribution >= 0.6 is 7.29 Å². The Labute approximate surface area is 209 Å². The molecule has 0 aromatic heterocycles. The van der Waals surface area contributed by atoms with Crippen LogP contribution in [-0.2, 0) is 25.5 Å². The number of nitrogens with one attached hydrogen (secondary N) is 3. The third-order valence-electron chi connectivity index (χ3n) is 5.27. The highest BCUT2D eigenvalue weighted by molar-refractivity contribution is 7.70. The van der Waals surface area contributed by atoms with Crippen molar-refractivity contribution in [2.75, 3.05) is 13.1 Å². The topological polar surface area (TPSA) is 134 Å². The van der Waals surface area contributed by atoms with E-state index >= 15 is 0 Å². The van der Waals surface area contributed by atoms with Crippen molar-refractivity contribution in [1.82, 2.24) is 15.7 Å². The molecule has 0 saturated heterocycles. The lowest BCUT2D eigenvalue weighted by atomic mass is 10.1. The largest absolute Gasteiger partial charge is 0.480 e.